The molecule has 0 aliphatic carbocycles. The van der Waals surface area contributed by atoms with Crippen LogP contribution in [0, 0.1) is 0 Å². The van der Waals surface area contributed by atoms with E-state index in [9.17, 15) is 14.7 Å². The van der Waals surface area contributed by atoms with Gasteiger partial charge >= 0.3 is 11.9 Å². The average Bonchev–Trinajstić information content (AvgIpc) is 2.44. The van der Waals surface area contributed by atoms with Crippen molar-refractivity contribution in [2.75, 3.05) is 6.61 Å². The normalized spacial score (nSPS) is 11.9. The molecule has 6 heteroatoms. The number of carbonyl (C=O) groups excluding carboxylic acids is 1. The summed E-state index contributed by atoms with van der Waals surface area (Å²) >= 11 is 0. The third-order valence-corrected chi connectivity index (χ3v) is 2.82. The Hall–Kier alpha value is -1.92. The number of hydrogen-bond acceptors (Lipinski definition) is 5. The quantitative estimate of drug-likeness (QED) is 0.639. The van der Waals surface area contributed by atoms with Gasteiger partial charge in [0, 0.05) is 6.42 Å². The lowest BCUT2D eigenvalue weighted by atomic mass is 9.96. The predicted molar refractivity (Wildman–Crippen MR) is 69.9 cm³/mol. The van der Waals surface area contributed by atoms with Crippen LogP contribution in [-0.4, -0.2) is 33.9 Å². The molecule has 0 spiro atoms. The summed E-state index contributed by atoms with van der Waals surface area (Å²) in [6.07, 6.45) is -1.33. The van der Waals surface area contributed by atoms with Gasteiger partial charge in [0.1, 0.15) is 0 Å². The molecule has 1 rings (SSSR count). The SMILES string of the molecule is CCOC(=O)CCc1cc(CO)ccc1C(O)C(=O)O. The first-order chi connectivity index (χ1) is 9.49. The molecule has 110 valence electrons. The summed E-state index contributed by atoms with van der Waals surface area (Å²) in [6.45, 7) is 1.78. The van der Waals surface area contributed by atoms with E-state index < -0.39 is 18.0 Å². The summed E-state index contributed by atoms with van der Waals surface area (Å²) in [5.41, 5.74) is 1.32. The summed E-state index contributed by atoms with van der Waals surface area (Å²) in [6, 6.07) is 4.57. The highest BCUT2D eigenvalue weighted by atomic mass is 16.5. The van der Waals surface area contributed by atoms with Crippen molar-refractivity contribution in [3.8, 4) is 0 Å². The van der Waals surface area contributed by atoms with Crippen molar-refractivity contribution in [1.29, 1.82) is 0 Å². The van der Waals surface area contributed by atoms with Gasteiger partial charge in [0.05, 0.1) is 13.2 Å². The number of carboxylic acids is 1. The van der Waals surface area contributed by atoms with Gasteiger partial charge in [-0.05, 0) is 30.0 Å². The van der Waals surface area contributed by atoms with Crippen molar-refractivity contribution in [3.63, 3.8) is 0 Å². The average molecular weight is 282 g/mol. The maximum Gasteiger partial charge on any atom is 0.337 e. The Kier molecular flexibility index (Phi) is 6.14. The van der Waals surface area contributed by atoms with Gasteiger partial charge in [-0.15, -0.1) is 0 Å². The van der Waals surface area contributed by atoms with Gasteiger partial charge in [-0.2, -0.15) is 0 Å². The van der Waals surface area contributed by atoms with Gasteiger partial charge in [0.25, 0.3) is 0 Å². The van der Waals surface area contributed by atoms with Gasteiger partial charge in [-0.3, -0.25) is 4.79 Å². The Labute approximate surface area is 116 Å². The summed E-state index contributed by atoms with van der Waals surface area (Å²) in [4.78, 5) is 22.2. The lowest BCUT2D eigenvalue weighted by Gasteiger charge is -2.13. The first-order valence-electron chi connectivity index (χ1n) is 6.28. The molecule has 0 saturated heterocycles. The van der Waals surface area contributed by atoms with Crippen molar-refractivity contribution in [1.82, 2.24) is 0 Å². The number of rotatable bonds is 7. The molecule has 20 heavy (non-hydrogen) atoms. The second kappa shape index (κ2) is 7.62. The minimum absolute atomic E-state index is 0.0854. The zero-order chi connectivity index (χ0) is 15.1. The monoisotopic (exact) mass is 282 g/mol. The van der Waals surface area contributed by atoms with E-state index in [1.54, 1.807) is 13.0 Å². The van der Waals surface area contributed by atoms with Crippen molar-refractivity contribution >= 4 is 11.9 Å². The van der Waals surface area contributed by atoms with Crippen LogP contribution in [0.25, 0.3) is 0 Å². The van der Waals surface area contributed by atoms with E-state index in [1.807, 2.05) is 0 Å². The van der Waals surface area contributed by atoms with Gasteiger partial charge < -0.3 is 20.1 Å². The lowest BCUT2D eigenvalue weighted by molar-refractivity contribution is -0.147. The fourth-order valence-electron chi connectivity index (χ4n) is 1.84. The van der Waals surface area contributed by atoms with E-state index in [0.29, 0.717) is 11.1 Å². The first-order valence-corrected chi connectivity index (χ1v) is 6.28. The molecule has 0 amide bonds. The van der Waals surface area contributed by atoms with Crippen LogP contribution in [-0.2, 0) is 27.4 Å². The van der Waals surface area contributed by atoms with Crippen LogP contribution in [0.3, 0.4) is 0 Å². The Morgan fingerprint density at radius 2 is 2.05 bits per heavy atom. The van der Waals surface area contributed by atoms with Crippen LogP contribution in [0.4, 0.5) is 0 Å². The Morgan fingerprint density at radius 1 is 1.35 bits per heavy atom. The van der Waals surface area contributed by atoms with Crippen LogP contribution < -0.4 is 0 Å². The fourth-order valence-corrected chi connectivity index (χ4v) is 1.84. The van der Waals surface area contributed by atoms with E-state index in [4.69, 9.17) is 14.9 Å². The zero-order valence-corrected chi connectivity index (χ0v) is 11.2. The Balaban J connectivity index is 2.94. The smallest absolute Gasteiger partial charge is 0.337 e. The highest BCUT2D eigenvalue weighted by Gasteiger charge is 2.20. The number of benzene rings is 1. The molecule has 0 fully saturated rings. The maximum absolute atomic E-state index is 11.3. The standard InChI is InChI=1S/C14H18O6/c1-2-20-12(16)6-4-10-7-9(8-15)3-5-11(10)13(17)14(18)19/h3,5,7,13,15,17H,2,4,6,8H2,1H3,(H,18,19). The second-order valence-electron chi connectivity index (χ2n) is 4.24. The zero-order valence-electron chi connectivity index (χ0n) is 11.2. The molecule has 1 atom stereocenters. The molecule has 0 bridgehead atoms. The molecule has 0 heterocycles. The van der Waals surface area contributed by atoms with Crippen LogP contribution in [0.5, 0.6) is 0 Å². The molecular formula is C14H18O6. The Bertz CT molecular complexity index is 483. The number of aliphatic hydroxyl groups is 2. The molecule has 0 aliphatic heterocycles. The largest absolute Gasteiger partial charge is 0.479 e. The predicted octanol–water partition coefficient (Wildman–Crippen LogP) is 0.793. The fraction of sp³-hybridized carbons (Fsp3) is 0.429. The molecule has 0 radical (unpaired) electrons. The molecule has 1 aromatic rings. The number of esters is 1. The van der Waals surface area contributed by atoms with E-state index in [1.165, 1.54) is 12.1 Å². The molecule has 0 aliphatic rings. The number of aliphatic hydroxyl groups excluding tert-OH is 2. The van der Waals surface area contributed by atoms with Gasteiger partial charge in [-0.1, -0.05) is 18.2 Å². The Morgan fingerprint density at radius 3 is 2.60 bits per heavy atom. The van der Waals surface area contributed by atoms with Crippen LogP contribution >= 0.6 is 0 Å². The minimum Gasteiger partial charge on any atom is -0.479 e. The van der Waals surface area contributed by atoms with Crippen LogP contribution in [0.15, 0.2) is 18.2 Å². The van der Waals surface area contributed by atoms with E-state index in [0.717, 1.165) is 0 Å². The molecule has 3 N–H and O–H groups in total. The summed E-state index contributed by atoms with van der Waals surface area (Å²) < 4.78 is 4.80. The topological polar surface area (TPSA) is 104 Å². The molecule has 1 aromatic carbocycles. The highest BCUT2D eigenvalue weighted by molar-refractivity contribution is 5.75. The molecule has 0 aromatic heterocycles. The molecular weight excluding hydrogens is 264 g/mol. The van der Waals surface area contributed by atoms with Gasteiger partial charge in [0.15, 0.2) is 6.10 Å². The summed E-state index contributed by atoms with van der Waals surface area (Å²) in [7, 11) is 0. The van der Waals surface area contributed by atoms with Gasteiger partial charge in [0.2, 0.25) is 0 Å². The number of aryl methyl sites for hydroxylation is 1. The van der Waals surface area contributed by atoms with Crippen molar-refractivity contribution in [2.24, 2.45) is 0 Å². The van der Waals surface area contributed by atoms with E-state index in [2.05, 4.69) is 0 Å². The number of ether oxygens (including phenoxy) is 1. The molecule has 1 unspecified atom stereocenters. The van der Waals surface area contributed by atoms with Crippen LogP contribution in [0.1, 0.15) is 36.1 Å². The number of aliphatic carboxylic acids is 1. The lowest BCUT2D eigenvalue weighted by Crippen LogP contribution is -2.14. The molecule has 0 saturated carbocycles. The van der Waals surface area contributed by atoms with E-state index in [-0.39, 0.29) is 31.6 Å². The van der Waals surface area contributed by atoms with Crippen molar-refractivity contribution in [2.45, 2.75) is 32.5 Å². The number of carboxylic acid groups (broad SMARTS) is 1. The van der Waals surface area contributed by atoms with Crippen LogP contribution in [0.2, 0.25) is 0 Å². The van der Waals surface area contributed by atoms with Gasteiger partial charge in [-0.25, -0.2) is 4.79 Å². The third kappa shape index (κ3) is 4.32. The van der Waals surface area contributed by atoms with Crippen molar-refractivity contribution in [3.05, 3.63) is 34.9 Å². The second-order valence-corrected chi connectivity index (χ2v) is 4.24. The number of carbonyl (C=O) groups is 2. The van der Waals surface area contributed by atoms with E-state index >= 15 is 0 Å². The minimum atomic E-state index is -1.65. The maximum atomic E-state index is 11.3. The van der Waals surface area contributed by atoms with Crippen molar-refractivity contribution < 1.29 is 29.6 Å². The first kappa shape index (κ1) is 16.1. The number of hydrogen-bond donors (Lipinski definition) is 3. The third-order valence-electron chi connectivity index (χ3n) is 2.82. The summed E-state index contributed by atoms with van der Waals surface area (Å²) in [5.74, 6) is -1.75. The molecule has 6 nitrogen and oxygen atoms in total. The summed E-state index contributed by atoms with van der Waals surface area (Å²) in [5, 5.41) is 27.6. The highest BCUT2D eigenvalue weighted by Crippen LogP contribution is 2.22.